The zero-order chi connectivity index (χ0) is 13.8. The monoisotopic (exact) mass is 259 g/mol. The van der Waals surface area contributed by atoms with Crippen LogP contribution in [0.15, 0.2) is 42.5 Å². The fraction of sp³-hybridized carbons (Fsp3) is 0.133. The number of carbonyl (C=O) groups is 1. The van der Waals surface area contributed by atoms with Crippen molar-refractivity contribution in [3.8, 4) is 5.75 Å². The van der Waals surface area contributed by atoms with Gasteiger partial charge in [-0.2, -0.15) is 0 Å². The van der Waals surface area contributed by atoms with Crippen LogP contribution in [0, 0.1) is 12.7 Å². The zero-order valence-electron chi connectivity index (χ0n) is 10.7. The lowest BCUT2D eigenvalue weighted by atomic mass is 10.1. The Morgan fingerprint density at radius 2 is 1.95 bits per heavy atom. The van der Waals surface area contributed by atoms with E-state index in [1.807, 2.05) is 25.1 Å². The molecule has 0 atom stereocenters. The number of methoxy groups -OCH3 is 1. The molecule has 0 spiro atoms. The van der Waals surface area contributed by atoms with Gasteiger partial charge in [-0.05, 0) is 30.7 Å². The van der Waals surface area contributed by atoms with Crippen molar-refractivity contribution >= 4 is 11.6 Å². The average molecular weight is 259 g/mol. The fourth-order valence-electron chi connectivity index (χ4n) is 1.71. The van der Waals surface area contributed by atoms with E-state index in [2.05, 4.69) is 5.32 Å². The molecule has 0 unspecified atom stereocenters. The van der Waals surface area contributed by atoms with Crippen molar-refractivity contribution in [2.45, 2.75) is 6.92 Å². The number of halogens is 1. The molecule has 2 rings (SSSR count). The van der Waals surface area contributed by atoms with Crippen molar-refractivity contribution in [2.75, 3.05) is 12.4 Å². The number of hydrogen-bond donors (Lipinski definition) is 1. The van der Waals surface area contributed by atoms with Gasteiger partial charge in [0.05, 0.1) is 12.7 Å². The van der Waals surface area contributed by atoms with Crippen LogP contribution in [0.25, 0.3) is 0 Å². The van der Waals surface area contributed by atoms with Gasteiger partial charge in [0.2, 0.25) is 0 Å². The minimum absolute atomic E-state index is 0.0101. The second-order valence-electron chi connectivity index (χ2n) is 4.11. The van der Waals surface area contributed by atoms with E-state index in [1.165, 1.54) is 19.2 Å². The third kappa shape index (κ3) is 2.91. The number of rotatable bonds is 3. The SMILES string of the molecule is COc1ccc(C(=O)Nc2ccccc2C)c(F)c1. The Bertz CT molecular complexity index is 611. The summed E-state index contributed by atoms with van der Waals surface area (Å²) in [6.45, 7) is 1.87. The summed E-state index contributed by atoms with van der Waals surface area (Å²) in [6, 6.07) is 11.5. The molecule has 0 fully saturated rings. The number of amides is 1. The molecule has 2 aromatic rings. The number of carbonyl (C=O) groups excluding carboxylic acids is 1. The highest BCUT2D eigenvalue weighted by atomic mass is 19.1. The molecule has 0 saturated heterocycles. The molecule has 0 saturated carbocycles. The molecule has 0 aliphatic heterocycles. The zero-order valence-corrected chi connectivity index (χ0v) is 10.7. The Hall–Kier alpha value is -2.36. The number of anilines is 1. The summed E-state index contributed by atoms with van der Waals surface area (Å²) in [7, 11) is 1.45. The van der Waals surface area contributed by atoms with Gasteiger partial charge in [0.25, 0.3) is 5.91 Å². The normalized spacial score (nSPS) is 10.1. The van der Waals surface area contributed by atoms with Crippen molar-refractivity contribution in [1.29, 1.82) is 0 Å². The Labute approximate surface area is 111 Å². The van der Waals surface area contributed by atoms with E-state index in [-0.39, 0.29) is 5.56 Å². The lowest BCUT2D eigenvalue weighted by molar-refractivity contribution is 0.102. The number of para-hydroxylation sites is 1. The van der Waals surface area contributed by atoms with Gasteiger partial charge in [0, 0.05) is 11.8 Å². The molecule has 4 heteroatoms. The summed E-state index contributed by atoms with van der Waals surface area (Å²) in [5.74, 6) is -0.704. The van der Waals surface area contributed by atoms with Crippen LogP contribution in [0.1, 0.15) is 15.9 Å². The average Bonchev–Trinajstić information content (AvgIpc) is 2.41. The number of aryl methyl sites for hydroxylation is 1. The van der Waals surface area contributed by atoms with Crippen molar-refractivity contribution < 1.29 is 13.9 Å². The van der Waals surface area contributed by atoms with E-state index >= 15 is 0 Å². The first-order valence-electron chi connectivity index (χ1n) is 5.82. The maximum atomic E-state index is 13.7. The van der Waals surface area contributed by atoms with Crippen LogP contribution in [-0.4, -0.2) is 13.0 Å². The second-order valence-corrected chi connectivity index (χ2v) is 4.11. The predicted octanol–water partition coefficient (Wildman–Crippen LogP) is 3.40. The predicted molar refractivity (Wildman–Crippen MR) is 72.1 cm³/mol. The third-order valence-corrected chi connectivity index (χ3v) is 2.81. The molecule has 0 heterocycles. The smallest absolute Gasteiger partial charge is 0.258 e. The van der Waals surface area contributed by atoms with Crippen LogP contribution < -0.4 is 10.1 Å². The minimum Gasteiger partial charge on any atom is -0.497 e. The molecule has 0 aromatic heterocycles. The first-order chi connectivity index (χ1) is 9.11. The lowest BCUT2D eigenvalue weighted by Crippen LogP contribution is -2.14. The van der Waals surface area contributed by atoms with Gasteiger partial charge in [-0.1, -0.05) is 18.2 Å². The highest BCUT2D eigenvalue weighted by molar-refractivity contribution is 6.04. The number of nitrogens with one attached hydrogen (secondary N) is 1. The first kappa shape index (κ1) is 13.1. The molecular weight excluding hydrogens is 245 g/mol. The van der Waals surface area contributed by atoms with Gasteiger partial charge in [-0.3, -0.25) is 4.79 Å². The highest BCUT2D eigenvalue weighted by Gasteiger charge is 2.13. The molecule has 1 N–H and O–H groups in total. The van der Waals surface area contributed by atoms with E-state index in [9.17, 15) is 9.18 Å². The van der Waals surface area contributed by atoms with Crippen LogP contribution in [0.4, 0.5) is 10.1 Å². The van der Waals surface area contributed by atoms with Gasteiger partial charge < -0.3 is 10.1 Å². The highest BCUT2D eigenvalue weighted by Crippen LogP contribution is 2.19. The fourth-order valence-corrected chi connectivity index (χ4v) is 1.71. The molecule has 98 valence electrons. The molecule has 19 heavy (non-hydrogen) atoms. The second kappa shape index (κ2) is 5.52. The van der Waals surface area contributed by atoms with Gasteiger partial charge in [-0.15, -0.1) is 0 Å². The molecule has 0 radical (unpaired) electrons. The van der Waals surface area contributed by atoms with Crippen LogP contribution in [0.3, 0.4) is 0 Å². The standard InChI is InChI=1S/C15H14FNO2/c1-10-5-3-4-6-14(10)17-15(18)12-8-7-11(19-2)9-13(12)16/h3-9H,1-2H3,(H,17,18). The van der Waals surface area contributed by atoms with Gasteiger partial charge in [0.15, 0.2) is 0 Å². The topological polar surface area (TPSA) is 38.3 Å². The third-order valence-electron chi connectivity index (χ3n) is 2.81. The van der Waals surface area contributed by atoms with Crippen molar-refractivity contribution in [3.05, 3.63) is 59.4 Å². The Kier molecular flexibility index (Phi) is 3.80. The number of benzene rings is 2. The van der Waals surface area contributed by atoms with Crippen LogP contribution in [0.2, 0.25) is 0 Å². The molecule has 0 aliphatic rings. The molecular formula is C15H14FNO2. The van der Waals surface area contributed by atoms with Crippen molar-refractivity contribution in [3.63, 3.8) is 0 Å². The summed E-state index contributed by atoms with van der Waals surface area (Å²) >= 11 is 0. The molecule has 3 nitrogen and oxygen atoms in total. The summed E-state index contributed by atoms with van der Waals surface area (Å²) in [5, 5.41) is 2.69. The van der Waals surface area contributed by atoms with Crippen molar-refractivity contribution in [2.24, 2.45) is 0 Å². The molecule has 0 aliphatic carbocycles. The first-order valence-corrected chi connectivity index (χ1v) is 5.82. The Balaban J connectivity index is 2.23. The van der Waals surface area contributed by atoms with Gasteiger partial charge >= 0.3 is 0 Å². The minimum atomic E-state index is -0.606. The lowest BCUT2D eigenvalue weighted by Gasteiger charge is -2.09. The van der Waals surface area contributed by atoms with E-state index in [1.54, 1.807) is 12.1 Å². The van der Waals surface area contributed by atoms with E-state index in [0.717, 1.165) is 5.56 Å². The summed E-state index contributed by atoms with van der Waals surface area (Å²) in [5.41, 5.74) is 1.58. The van der Waals surface area contributed by atoms with Crippen LogP contribution >= 0.6 is 0 Å². The number of ether oxygens (including phenoxy) is 1. The quantitative estimate of drug-likeness (QED) is 0.917. The largest absolute Gasteiger partial charge is 0.497 e. The van der Waals surface area contributed by atoms with Crippen LogP contribution in [0.5, 0.6) is 5.75 Å². The number of hydrogen-bond acceptors (Lipinski definition) is 2. The molecule has 0 bridgehead atoms. The van der Waals surface area contributed by atoms with Crippen LogP contribution in [-0.2, 0) is 0 Å². The molecule has 1 amide bonds. The Morgan fingerprint density at radius 3 is 2.58 bits per heavy atom. The summed E-state index contributed by atoms with van der Waals surface area (Å²) in [6.07, 6.45) is 0. The Morgan fingerprint density at radius 1 is 1.21 bits per heavy atom. The summed E-state index contributed by atoms with van der Waals surface area (Å²) < 4.78 is 18.6. The van der Waals surface area contributed by atoms with Gasteiger partial charge in [-0.25, -0.2) is 4.39 Å². The maximum absolute atomic E-state index is 13.7. The van der Waals surface area contributed by atoms with E-state index in [4.69, 9.17) is 4.74 Å². The molecule has 2 aromatic carbocycles. The van der Waals surface area contributed by atoms with Crippen molar-refractivity contribution in [1.82, 2.24) is 0 Å². The maximum Gasteiger partial charge on any atom is 0.258 e. The van der Waals surface area contributed by atoms with E-state index in [0.29, 0.717) is 11.4 Å². The van der Waals surface area contributed by atoms with Gasteiger partial charge in [0.1, 0.15) is 11.6 Å². The van der Waals surface area contributed by atoms with E-state index < -0.39 is 11.7 Å². The summed E-state index contributed by atoms with van der Waals surface area (Å²) in [4.78, 5) is 12.0.